The highest BCUT2D eigenvalue weighted by molar-refractivity contribution is 8.04. The summed E-state index contributed by atoms with van der Waals surface area (Å²) in [5, 5.41) is 0. The molecule has 24 heavy (non-hydrogen) atoms. The van der Waals surface area contributed by atoms with Crippen LogP contribution in [0.1, 0.15) is 6.92 Å². The van der Waals surface area contributed by atoms with Gasteiger partial charge in [0.2, 0.25) is 5.88 Å². The number of hydrogen-bond donors (Lipinski definition) is 1. The second kappa shape index (κ2) is 6.81. The first kappa shape index (κ1) is 17.4. The van der Waals surface area contributed by atoms with Crippen molar-refractivity contribution in [1.29, 1.82) is 0 Å². The molecule has 0 fully saturated rings. The van der Waals surface area contributed by atoms with Crippen LogP contribution in [-0.4, -0.2) is 35.5 Å². The largest absolute Gasteiger partial charge is 0.463 e. The van der Waals surface area contributed by atoms with Gasteiger partial charge in [-0.2, -0.15) is 13.2 Å². The van der Waals surface area contributed by atoms with E-state index in [2.05, 4.69) is 9.98 Å². The number of thioether (sulfide) groups is 2. The minimum absolute atomic E-state index is 0.0806. The monoisotopic (exact) mass is 373 g/mol. The molecule has 2 unspecified atom stereocenters. The van der Waals surface area contributed by atoms with E-state index < -0.39 is 17.8 Å². The van der Waals surface area contributed by atoms with Crippen LogP contribution < -0.4 is 5.73 Å². The van der Waals surface area contributed by atoms with Crippen LogP contribution in [0.4, 0.5) is 13.2 Å². The molecule has 1 aliphatic carbocycles. The Morgan fingerprint density at radius 1 is 1.38 bits per heavy atom. The minimum atomic E-state index is -4.33. The van der Waals surface area contributed by atoms with Crippen LogP contribution in [0.5, 0.6) is 0 Å². The SMILES string of the molecule is CCSC1=CC=NC(N)C1=C1N=C2C=C(SC(F)(F)F)C=CC2O1. The number of halogens is 3. The lowest BCUT2D eigenvalue weighted by Gasteiger charge is -2.19. The molecule has 0 saturated carbocycles. The molecule has 0 bridgehead atoms. The highest BCUT2D eigenvalue weighted by Gasteiger charge is 2.34. The van der Waals surface area contributed by atoms with Gasteiger partial charge in [0.05, 0.1) is 11.3 Å². The second-order valence-electron chi connectivity index (χ2n) is 4.95. The maximum atomic E-state index is 12.5. The summed E-state index contributed by atoms with van der Waals surface area (Å²) in [6, 6.07) is 0. The Bertz CT molecular complexity index is 720. The number of alkyl halides is 3. The predicted molar refractivity (Wildman–Crippen MR) is 92.9 cm³/mol. The van der Waals surface area contributed by atoms with E-state index in [1.165, 1.54) is 12.2 Å². The molecule has 2 N–H and O–H groups in total. The van der Waals surface area contributed by atoms with E-state index in [4.69, 9.17) is 10.5 Å². The van der Waals surface area contributed by atoms with Crippen molar-refractivity contribution < 1.29 is 17.9 Å². The number of ether oxygens (including phenoxy) is 1. The molecule has 9 heteroatoms. The molecule has 0 radical (unpaired) electrons. The average molecular weight is 373 g/mol. The summed E-state index contributed by atoms with van der Waals surface area (Å²) in [5.74, 6) is 1.17. The first-order valence-corrected chi connectivity index (χ1v) is 8.95. The molecule has 0 aromatic heterocycles. The van der Waals surface area contributed by atoms with Gasteiger partial charge >= 0.3 is 5.51 Å². The van der Waals surface area contributed by atoms with E-state index >= 15 is 0 Å². The fraction of sp³-hybridized carbons (Fsp3) is 0.333. The number of nitrogens with two attached hydrogens (primary N) is 1. The van der Waals surface area contributed by atoms with Crippen LogP contribution in [0.15, 0.2) is 55.6 Å². The van der Waals surface area contributed by atoms with Gasteiger partial charge in [-0.3, -0.25) is 4.99 Å². The highest BCUT2D eigenvalue weighted by atomic mass is 32.2. The maximum absolute atomic E-state index is 12.5. The fourth-order valence-corrected chi connectivity index (χ4v) is 3.79. The molecule has 128 valence electrons. The molecule has 2 atom stereocenters. The van der Waals surface area contributed by atoms with Gasteiger partial charge in [-0.25, -0.2) is 4.99 Å². The molecule has 2 aliphatic heterocycles. The van der Waals surface area contributed by atoms with E-state index in [1.54, 1.807) is 24.1 Å². The van der Waals surface area contributed by atoms with Crippen molar-refractivity contribution in [2.75, 3.05) is 5.75 Å². The van der Waals surface area contributed by atoms with Crippen molar-refractivity contribution in [3.05, 3.63) is 45.6 Å². The third kappa shape index (κ3) is 3.79. The molecule has 0 amide bonds. The molecule has 0 aromatic rings. The third-order valence-corrected chi connectivity index (χ3v) is 4.96. The van der Waals surface area contributed by atoms with Crippen molar-refractivity contribution in [2.24, 2.45) is 15.7 Å². The Morgan fingerprint density at radius 3 is 2.88 bits per heavy atom. The Balaban J connectivity index is 1.92. The zero-order chi connectivity index (χ0) is 17.3. The summed E-state index contributed by atoms with van der Waals surface area (Å²) in [7, 11) is 0. The number of dihydropyridines is 1. The number of nitrogens with zero attached hydrogens (tertiary/aromatic N) is 2. The lowest BCUT2D eigenvalue weighted by molar-refractivity contribution is -0.0321. The number of aliphatic imine (C=N–C) groups is 2. The van der Waals surface area contributed by atoms with E-state index in [1.807, 2.05) is 13.0 Å². The van der Waals surface area contributed by atoms with E-state index in [9.17, 15) is 13.2 Å². The number of rotatable bonds is 3. The van der Waals surface area contributed by atoms with Crippen molar-refractivity contribution in [2.45, 2.75) is 24.7 Å². The minimum Gasteiger partial charge on any atom is -0.463 e. The van der Waals surface area contributed by atoms with Gasteiger partial charge in [-0.15, -0.1) is 11.8 Å². The van der Waals surface area contributed by atoms with E-state index in [-0.39, 0.29) is 16.7 Å². The summed E-state index contributed by atoms with van der Waals surface area (Å²) in [4.78, 5) is 9.49. The van der Waals surface area contributed by atoms with Gasteiger partial charge < -0.3 is 10.5 Å². The van der Waals surface area contributed by atoms with Crippen LogP contribution in [0, 0.1) is 0 Å². The van der Waals surface area contributed by atoms with Crippen LogP contribution >= 0.6 is 23.5 Å². The summed E-state index contributed by atoms with van der Waals surface area (Å²) in [5.41, 5.74) is 2.80. The van der Waals surface area contributed by atoms with Crippen LogP contribution in [0.2, 0.25) is 0 Å². The first-order chi connectivity index (χ1) is 11.4. The molecule has 2 heterocycles. The third-order valence-electron chi connectivity index (χ3n) is 3.28. The first-order valence-electron chi connectivity index (χ1n) is 7.14. The standard InChI is InChI=1S/C15H14F3N3OS2/c1-2-23-11-5-6-20-13(19)12(11)14-21-9-7-8(24-15(16,17)18)3-4-10(9)22-14/h3-7,10,13H,2,19H2,1H3. The lowest BCUT2D eigenvalue weighted by atomic mass is 10.1. The van der Waals surface area contributed by atoms with Crippen molar-refractivity contribution in [3.63, 3.8) is 0 Å². The lowest BCUT2D eigenvalue weighted by Crippen LogP contribution is -2.25. The van der Waals surface area contributed by atoms with Crippen LogP contribution in [0.3, 0.4) is 0 Å². The molecule has 3 rings (SSSR count). The van der Waals surface area contributed by atoms with Crippen molar-refractivity contribution >= 4 is 35.5 Å². The fourth-order valence-electron chi connectivity index (χ4n) is 2.36. The Kier molecular flexibility index (Phi) is 4.93. The molecule has 0 spiro atoms. The maximum Gasteiger partial charge on any atom is 0.446 e. The van der Waals surface area contributed by atoms with E-state index in [0.29, 0.717) is 17.2 Å². The summed E-state index contributed by atoms with van der Waals surface area (Å²) < 4.78 is 43.3. The summed E-state index contributed by atoms with van der Waals surface area (Å²) in [6.45, 7) is 2.01. The normalized spacial score (nSPS) is 29.0. The van der Waals surface area contributed by atoms with Crippen LogP contribution in [0.25, 0.3) is 0 Å². The average Bonchev–Trinajstić information content (AvgIpc) is 2.88. The number of fused-ring (bicyclic) bond motifs is 1. The zero-order valence-electron chi connectivity index (χ0n) is 12.6. The molecular weight excluding hydrogens is 359 g/mol. The number of allylic oxidation sites excluding steroid dienone is 2. The molecule has 4 nitrogen and oxygen atoms in total. The van der Waals surface area contributed by atoms with Gasteiger partial charge in [-0.1, -0.05) is 6.92 Å². The molecule has 3 aliphatic rings. The van der Waals surface area contributed by atoms with Gasteiger partial charge in [-0.05, 0) is 41.8 Å². The highest BCUT2D eigenvalue weighted by Crippen LogP contribution is 2.40. The van der Waals surface area contributed by atoms with Gasteiger partial charge in [0.1, 0.15) is 6.17 Å². The zero-order valence-corrected chi connectivity index (χ0v) is 14.2. The Labute approximate surface area is 145 Å². The Morgan fingerprint density at radius 2 is 2.17 bits per heavy atom. The smallest absolute Gasteiger partial charge is 0.446 e. The summed E-state index contributed by atoms with van der Waals surface area (Å²) >= 11 is 1.42. The summed E-state index contributed by atoms with van der Waals surface area (Å²) in [6.07, 6.45) is 6.74. The van der Waals surface area contributed by atoms with Gasteiger partial charge in [0, 0.05) is 16.0 Å². The number of hydrogen-bond acceptors (Lipinski definition) is 6. The van der Waals surface area contributed by atoms with Gasteiger partial charge in [0.15, 0.2) is 6.10 Å². The second-order valence-corrected chi connectivity index (χ2v) is 7.40. The van der Waals surface area contributed by atoms with E-state index in [0.717, 1.165) is 10.7 Å². The molecular formula is C15H14F3N3OS2. The van der Waals surface area contributed by atoms with Crippen molar-refractivity contribution in [1.82, 2.24) is 0 Å². The van der Waals surface area contributed by atoms with Crippen molar-refractivity contribution in [3.8, 4) is 0 Å². The van der Waals surface area contributed by atoms with Crippen LogP contribution in [-0.2, 0) is 4.74 Å². The van der Waals surface area contributed by atoms with Gasteiger partial charge in [0.25, 0.3) is 0 Å². The predicted octanol–water partition coefficient (Wildman–Crippen LogP) is 3.75. The quantitative estimate of drug-likeness (QED) is 0.819. The molecule has 0 aromatic carbocycles. The topological polar surface area (TPSA) is 60.0 Å². The Hall–Kier alpha value is -1.45. The molecule has 0 saturated heterocycles.